The van der Waals surface area contributed by atoms with Gasteiger partial charge in [-0.3, -0.25) is 4.98 Å². The molecule has 0 aliphatic rings. The molecule has 0 spiro atoms. The zero-order valence-electron chi connectivity index (χ0n) is 12.3. The molecule has 4 nitrogen and oxygen atoms in total. The van der Waals surface area contributed by atoms with Crippen molar-refractivity contribution in [3.8, 4) is 0 Å². The molecule has 0 bridgehead atoms. The largest absolute Gasteiger partial charge is 0.399 e. The van der Waals surface area contributed by atoms with Gasteiger partial charge < -0.3 is 10.3 Å². The number of nitrogen functional groups attached to an aromatic ring is 1. The number of aromatic nitrogens is 3. The molecule has 0 aliphatic carbocycles. The third-order valence-corrected chi connectivity index (χ3v) is 3.70. The maximum Gasteiger partial charge on any atom is 0.109 e. The zero-order valence-corrected chi connectivity index (χ0v) is 12.3. The lowest BCUT2D eigenvalue weighted by molar-refractivity contribution is 0.658. The molecule has 4 heteroatoms. The van der Waals surface area contributed by atoms with E-state index in [-0.39, 0.29) is 0 Å². The average Bonchev–Trinajstić information content (AvgIpc) is 2.83. The number of benzene rings is 1. The highest BCUT2D eigenvalue weighted by Crippen LogP contribution is 2.20. The molecular weight excluding hydrogens is 260 g/mol. The Balaban J connectivity index is 1.93. The first-order valence-corrected chi connectivity index (χ1v) is 7.41. The van der Waals surface area contributed by atoms with Crippen LogP contribution in [-0.2, 0) is 19.4 Å². The molecule has 2 N–H and O–H groups in total. The molecule has 0 fully saturated rings. The fourth-order valence-corrected chi connectivity index (χ4v) is 2.65. The van der Waals surface area contributed by atoms with Crippen LogP contribution in [-0.4, -0.2) is 14.5 Å². The summed E-state index contributed by atoms with van der Waals surface area (Å²) in [5, 5.41) is 0. The number of rotatable bonds is 5. The summed E-state index contributed by atoms with van der Waals surface area (Å²) in [5.74, 6) is 1.15. The molecule has 108 valence electrons. The second kappa shape index (κ2) is 5.95. The standard InChI is InChI=1S/C17H20N4/c1-2-3-17-20-15-12-14(18)4-5-16(15)21(17)11-8-13-6-9-19-10-7-13/h4-7,9-10,12H,2-3,8,11,18H2,1H3. The van der Waals surface area contributed by atoms with E-state index in [0.29, 0.717) is 0 Å². The summed E-state index contributed by atoms with van der Waals surface area (Å²) in [4.78, 5) is 8.81. The van der Waals surface area contributed by atoms with E-state index < -0.39 is 0 Å². The number of fused-ring (bicyclic) bond motifs is 1. The van der Waals surface area contributed by atoms with Crippen molar-refractivity contribution < 1.29 is 0 Å². The highest BCUT2D eigenvalue weighted by molar-refractivity contribution is 5.79. The number of nitrogens with zero attached hydrogens (tertiary/aromatic N) is 3. The zero-order chi connectivity index (χ0) is 14.7. The third-order valence-electron chi connectivity index (χ3n) is 3.70. The van der Waals surface area contributed by atoms with E-state index in [1.54, 1.807) is 0 Å². The smallest absolute Gasteiger partial charge is 0.109 e. The minimum atomic E-state index is 0.768. The maximum atomic E-state index is 5.87. The van der Waals surface area contributed by atoms with Crippen LogP contribution in [0.15, 0.2) is 42.7 Å². The van der Waals surface area contributed by atoms with Crippen LogP contribution in [0.5, 0.6) is 0 Å². The highest BCUT2D eigenvalue weighted by atomic mass is 15.1. The van der Waals surface area contributed by atoms with Crippen molar-refractivity contribution >= 4 is 16.7 Å². The number of hydrogen-bond donors (Lipinski definition) is 1. The van der Waals surface area contributed by atoms with E-state index in [4.69, 9.17) is 10.7 Å². The molecule has 0 amide bonds. The van der Waals surface area contributed by atoms with Crippen LogP contribution >= 0.6 is 0 Å². The van der Waals surface area contributed by atoms with Gasteiger partial charge in [-0.2, -0.15) is 0 Å². The van der Waals surface area contributed by atoms with Gasteiger partial charge in [-0.25, -0.2) is 4.98 Å². The molecule has 0 unspecified atom stereocenters. The van der Waals surface area contributed by atoms with E-state index in [9.17, 15) is 0 Å². The predicted octanol–water partition coefficient (Wildman–Crippen LogP) is 3.21. The quantitative estimate of drug-likeness (QED) is 0.730. The predicted molar refractivity (Wildman–Crippen MR) is 86.1 cm³/mol. The Hall–Kier alpha value is -2.36. The summed E-state index contributed by atoms with van der Waals surface area (Å²) >= 11 is 0. The molecule has 0 saturated carbocycles. The summed E-state index contributed by atoms with van der Waals surface area (Å²) in [7, 11) is 0. The van der Waals surface area contributed by atoms with Crippen LogP contribution in [0.1, 0.15) is 24.7 Å². The first-order chi connectivity index (χ1) is 10.3. The first kappa shape index (κ1) is 13.6. The minimum absolute atomic E-state index is 0.768. The summed E-state index contributed by atoms with van der Waals surface area (Å²) in [6, 6.07) is 10.1. The van der Waals surface area contributed by atoms with Crippen molar-refractivity contribution in [1.29, 1.82) is 0 Å². The topological polar surface area (TPSA) is 56.7 Å². The summed E-state index contributed by atoms with van der Waals surface area (Å²) in [6.07, 6.45) is 6.75. The number of pyridine rings is 1. The SMILES string of the molecule is CCCc1nc2cc(N)ccc2n1CCc1ccncc1. The second-order valence-corrected chi connectivity index (χ2v) is 5.28. The molecule has 3 rings (SSSR count). The molecule has 0 radical (unpaired) electrons. The Morgan fingerprint density at radius 2 is 1.90 bits per heavy atom. The van der Waals surface area contributed by atoms with Gasteiger partial charge in [0, 0.05) is 31.0 Å². The maximum absolute atomic E-state index is 5.87. The number of anilines is 1. The molecular formula is C17H20N4. The van der Waals surface area contributed by atoms with Crippen molar-refractivity contribution in [1.82, 2.24) is 14.5 Å². The van der Waals surface area contributed by atoms with Gasteiger partial charge in [-0.05, 0) is 48.7 Å². The summed E-state index contributed by atoms with van der Waals surface area (Å²) in [5.41, 5.74) is 10.1. The summed E-state index contributed by atoms with van der Waals surface area (Å²) < 4.78 is 2.32. The number of imidazole rings is 1. The number of hydrogen-bond acceptors (Lipinski definition) is 3. The van der Waals surface area contributed by atoms with Gasteiger partial charge in [0.1, 0.15) is 5.82 Å². The van der Waals surface area contributed by atoms with Crippen molar-refractivity contribution in [2.24, 2.45) is 0 Å². The molecule has 3 aromatic rings. The average molecular weight is 280 g/mol. The van der Waals surface area contributed by atoms with Crippen LogP contribution in [0.3, 0.4) is 0 Å². The molecule has 21 heavy (non-hydrogen) atoms. The number of nitrogens with two attached hydrogens (primary N) is 1. The van der Waals surface area contributed by atoms with Gasteiger partial charge in [0.15, 0.2) is 0 Å². The lowest BCUT2D eigenvalue weighted by Gasteiger charge is -2.09. The monoisotopic (exact) mass is 280 g/mol. The van der Waals surface area contributed by atoms with Crippen molar-refractivity contribution in [2.75, 3.05) is 5.73 Å². The van der Waals surface area contributed by atoms with Crippen LogP contribution in [0.4, 0.5) is 5.69 Å². The fourth-order valence-electron chi connectivity index (χ4n) is 2.65. The van der Waals surface area contributed by atoms with Gasteiger partial charge in [0.05, 0.1) is 11.0 Å². The molecule has 0 atom stereocenters. The van der Waals surface area contributed by atoms with Gasteiger partial charge in [-0.15, -0.1) is 0 Å². The Labute approximate surface area is 124 Å². The lowest BCUT2D eigenvalue weighted by Crippen LogP contribution is -2.06. The Bertz CT molecular complexity index is 731. The third kappa shape index (κ3) is 2.89. The molecule has 2 heterocycles. The van der Waals surface area contributed by atoms with Crippen LogP contribution in [0, 0.1) is 0 Å². The Morgan fingerprint density at radius 1 is 1.10 bits per heavy atom. The number of aryl methyl sites for hydroxylation is 3. The van der Waals surface area contributed by atoms with E-state index in [2.05, 4.69) is 34.7 Å². The molecule has 2 aromatic heterocycles. The summed E-state index contributed by atoms with van der Waals surface area (Å²) in [6.45, 7) is 3.11. The molecule has 0 saturated heterocycles. The minimum Gasteiger partial charge on any atom is -0.399 e. The van der Waals surface area contributed by atoms with E-state index in [1.165, 1.54) is 11.1 Å². The van der Waals surface area contributed by atoms with Crippen LogP contribution in [0.25, 0.3) is 11.0 Å². The first-order valence-electron chi connectivity index (χ1n) is 7.41. The Morgan fingerprint density at radius 3 is 2.67 bits per heavy atom. The van der Waals surface area contributed by atoms with Crippen molar-refractivity contribution in [3.63, 3.8) is 0 Å². The van der Waals surface area contributed by atoms with Crippen molar-refractivity contribution in [3.05, 3.63) is 54.1 Å². The lowest BCUT2D eigenvalue weighted by atomic mass is 10.2. The molecule has 1 aromatic carbocycles. The van der Waals surface area contributed by atoms with Gasteiger partial charge in [-0.1, -0.05) is 6.92 Å². The van der Waals surface area contributed by atoms with Crippen molar-refractivity contribution in [2.45, 2.75) is 32.7 Å². The molecule has 0 aliphatic heterocycles. The van der Waals surface area contributed by atoms with Gasteiger partial charge in [0.2, 0.25) is 0 Å². The Kier molecular flexibility index (Phi) is 3.86. The van der Waals surface area contributed by atoms with E-state index in [0.717, 1.165) is 42.8 Å². The van der Waals surface area contributed by atoms with E-state index >= 15 is 0 Å². The normalized spacial score (nSPS) is 11.1. The highest BCUT2D eigenvalue weighted by Gasteiger charge is 2.10. The van der Waals surface area contributed by atoms with Gasteiger partial charge >= 0.3 is 0 Å². The fraction of sp³-hybridized carbons (Fsp3) is 0.294. The van der Waals surface area contributed by atoms with E-state index in [1.807, 2.05) is 24.5 Å². The van der Waals surface area contributed by atoms with Gasteiger partial charge in [0.25, 0.3) is 0 Å². The van der Waals surface area contributed by atoms with Crippen LogP contribution in [0.2, 0.25) is 0 Å². The second-order valence-electron chi connectivity index (χ2n) is 5.28. The van der Waals surface area contributed by atoms with Crippen LogP contribution < -0.4 is 5.73 Å².